The van der Waals surface area contributed by atoms with Crippen LogP contribution in [0.4, 0.5) is 17.1 Å². The van der Waals surface area contributed by atoms with Gasteiger partial charge in [-0.1, -0.05) is 164 Å². The van der Waals surface area contributed by atoms with Crippen LogP contribution in [0.3, 0.4) is 0 Å². The van der Waals surface area contributed by atoms with Crippen LogP contribution in [0.15, 0.2) is 235 Å². The van der Waals surface area contributed by atoms with Gasteiger partial charge in [0, 0.05) is 44.0 Å². The summed E-state index contributed by atoms with van der Waals surface area (Å²) >= 11 is 0. The van der Waals surface area contributed by atoms with Gasteiger partial charge in [-0.25, -0.2) is 0 Å². The SMILES string of the molecule is c1cc(-c2ccc(N(c3ccc(-c4cc5ccccc5c5ccccc45)cc3)c3cccc4c3oc3c5ccccc5ccc43)cc2)cc(-n2c3ccccc3c3ccccc32)c1. The Morgan fingerprint density at radius 1 is 0.317 bits per heavy atom. The lowest BCUT2D eigenvalue weighted by Crippen LogP contribution is -2.10. The zero-order valence-corrected chi connectivity index (χ0v) is 34.2. The first-order valence-electron chi connectivity index (χ1n) is 21.6. The molecule has 0 saturated heterocycles. The first-order chi connectivity index (χ1) is 31.2. The Morgan fingerprint density at radius 3 is 1.60 bits per heavy atom. The van der Waals surface area contributed by atoms with Gasteiger partial charge in [-0.2, -0.15) is 0 Å². The Labute approximate surface area is 363 Å². The minimum Gasteiger partial charge on any atom is -0.453 e. The molecule has 294 valence electrons. The second-order valence-electron chi connectivity index (χ2n) is 16.5. The Hall–Kier alpha value is -8.40. The largest absolute Gasteiger partial charge is 0.453 e. The lowest BCUT2D eigenvalue weighted by Gasteiger charge is -2.26. The number of rotatable bonds is 6. The maximum Gasteiger partial charge on any atom is 0.159 e. The summed E-state index contributed by atoms with van der Waals surface area (Å²) in [4.78, 5) is 2.34. The highest BCUT2D eigenvalue weighted by molar-refractivity contribution is 6.18. The second kappa shape index (κ2) is 14.1. The summed E-state index contributed by atoms with van der Waals surface area (Å²) in [5.74, 6) is 0. The van der Waals surface area contributed by atoms with Gasteiger partial charge in [-0.15, -0.1) is 0 Å². The predicted molar refractivity (Wildman–Crippen MR) is 266 cm³/mol. The molecule has 0 saturated carbocycles. The zero-order valence-electron chi connectivity index (χ0n) is 34.2. The quantitative estimate of drug-likeness (QED) is 0.156. The maximum atomic E-state index is 6.96. The molecule has 0 radical (unpaired) electrons. The molecular weight excluding hydrogens is 765 g/mol. The number of anilines is 3. The Bertz CT molecular complexity index is 3860. The molecule has 0 aliphatic rings. The molecule has 3 nitrogen and oxygen atoms in total. The molecule has 2 heterocycles. The number of fused-ring (bicyclic) bond motifs is 11. The van der Waals surface area contributed by atoms with E-state index in [1.165, 1.54) is 54.5 Å². The summed E-state index contributed by atoms with van der Waals surface area (Å²) in [6.07, 6.45) is 0. The van der Waals surface area contributed by atoms with E-state index in [9.17, 15) is 0 Å². The summed E-state index contributed by atoms with van der Waals surface area (Å²) in [6, 6.07) is 83.4. The molecule has 2 aromatic heterocycles. The Balaban J connectivity index is 0.953. The molecule has 0 unspecified atom stereocenters. The van der Waals surface area contributed by atoms with Crippen molar-refractivity contribution in [1.29, 1.82) is 0 Å². The molecule has 0 aliphatic heterocycles. The van der Waals surface area contributed by atoms with Crippen molar-refractivity contribution in [2.24, 2.45) is 0 Å². The summed E-state index contributed by atoms with van der Waals surface area (Å²) < 4.78 is 9.34. The van der Waals surface area contributed by atoms with Gasteiger partial charge in [-0.05, 0) is 116 Å². The zero-order chi connectivity index (χ0) is 41.4. The van der Waals surface area contributed by atoms with Crippen molar-refractivity contribution in [1.82, 2.24) is 4.57 Å². The van der Waals surface area contributed by atoms with E-state index in [1.807, 2.05) is 0 Å². The van der Waals surface area contributed by atoms with Gasteiger partial charge in [0.2, 0.25) is 0 Å². The van der Waals surface area contributed by atoms with E-state index in [1.54, 1.807) is 0 Å². The van der Waals surface area contributed by atoms with Gasteiger partial charge in [0.15, 0.2) is 5.58 Å². The first-order valence-corrected chi connectivity index (χ1v) is 21.6. The topological polar surface area (TPSA) is 21.3 Å². The first kappa shape index (κ1) is 35.4. The average Bonchev–Trinajstić information content (AvgIpc) is 3.91. The minimum absolute atomic E-state index is 0.858. The molecule has 0 N–H and O–H groups in total. The smallest absolute Gasteiger partial charge is 0.159 e. The van der Waals surface area contributed by atoms with E-state index in [0.29, 0.717) is 0 Å². The van der Waals surface area contributed by atoms with Gasteiger partial charge >= 0.3 is 0 Å². The van der Waals surface area contributed by atoms with Gasteiger partial charge in [-0.3, -0.25) is 0 Å². The maximum absolute atomic E-state index is 6.96. The van der Waals surface area contributed by atoms with Crippen LogP contribution < -0.4 is 4.90 Å². The summed E-state index contributed by atoms with van der Waals surface area (Å²) in [7, 11) is 0. The number of furan rings is 1. The lowest BCUT2D eigenvalue weighted by molar-refractivity contribution is 0.673. The molecule has 11 aromatic carbocycles. The molecule has 13 aromatic rings. The molecule has 0 fully saturated rings. The van der Waals surface area contributed by atoms with Crippen LogP contribution in [-0.2, 0) is 0 Å². The van der Waals surface area contributed by atoms with Crippen molar-refractivity contribution >= 4 is 93.1 Å². The number of hydrogen-bond acceptors (Lipinski definition) is 2. The fraction of sp³-hybridized carbons (Fsp3) is 0. The van der Waals surface area contributed by atoms with E-state index in [-0.39, 0.29) is 0 Å². The molecule has 63 heavy (non-hydrogen) atoms. The van der Waals surface area contributed by atoms with E-state index in [2.05, 4.69) is 240 Å². The van der Waals surface area contributed by atoms with E-state index < -0.39 is 0 Å². The summed E-state index contributed by atoms with van der Waals surface area (Å²) in [5, 5.41) is 12.0. The van der Waals surface area contributed by atoms with Gasteiger partial charge < -0.3 is 13.9 Å². The molecule has 13 rings (SSSR count). The third-order valence-electron chi connectivity index (χ3n) is 13.0. The third-order valence-corrected chi connectivity index (χ3v) is 13.0. The summed E-state index contributed by atoms with van der Waals surface area (Å²) in [6.45, 7) is 0. The fourth-order valence-corrected chi connectivity index (χ4v) is 10.0. The summed E-state index contributed by atoms with van der Waals surface area (Å²) in [5.41, 5.74) is 13.1. The van der Waals surface area contributed by atoms with Crippen molar-refractivity contribution in [3.05, 3.63) is 231 Å². The number of hydrogen-bond donors (Lipinski definition) is 0. The lowest BCUT2D eigenvalue weighted by atomic mass is 9.93. The second-order valence-corrected chi connectivity index (χ2v) is 16.5. The van der Waals surface area contributed by atoms with Crippen LogP contribution in [0.2, 0.25) is 0 Å². The monoisotopic (exact) mass is 802 g/mol. The number of benzene rings is 11. The molecule has 3 heteroatoms. The third kappa shape index (κ3) is 5.60. The number of nitrogens with zero attached hydrogens (tertiary/aromatic N) is 2. The standard InChI is InChI=1S/C60H38N2O/c1-4-18-48-40(13-1)31-36-54-53-23-12-26-58(60(53)63-59(48)54)61(45-34-29-41(30-35-45)55-38-43-14-2-3-17-47(43)49-19-5-6-20-50(49)55)44-32-27-39(28-33-44)42-15-11-16-46(37-42)62-56-24-9-7-21-51(56)52-22-8-10-25-57(52)62/h1-38H. The van der Waals surface area contributed by atoms with Crippen molar-refractivity contribution in [2.75, 3.05) is 4.90 Å². The number of para-hydroxylation sites is 3. The van der Waals surface area contributed by atoms with Crippen LogP contribution in [-0.4, -0.2) is 4.57 Å². The Kier molecular flexibility index (Phi) is 7.91. The highest BCUT2D eigenvalue weighted by atomic mass is 16.3. The fourth-order valence-electron chi connectivity index (χ4n) is 10.0. The molecule has 0 atom stereocenters. The van der Waals surface area contributed by atoms with Gasteiger partial charge in [0.05, 0.1) is 16.7 Å². The van der Waals surface area contributed by atoms with E-state index >= 15 is 0 Å². The molecule has 0 amide bonds. The highest BCUT2D eigenvalue weighted by Crippen LogP contribution is 2.45. The van der Waals surface area contributed by atoms with Crippen LogP contribution in [0.5, 0.6) is 0 Å². The Morgan fingerprint density at radius 2 is 0.873 bits per heavy atom. The highest BCUT2D eigenvalue weighted by Gasteiger charge is 2.21. The van der Waals surface area contributed by atoms with Crippen molar-refractivity contribution < 1.29 is 4.42 Å². The molecule has 0 aliphatic carbocycles. The van der Waals surface area contributed by atoms with Crippen molar-refractivity contribution in [3.63, 3.8) is 0 Å². The molecular formula is C60H38N2O. The van der Waals surface area contributed by atoms with Crippen LogP contribution >= 0.6 is 0 Å². The van der Waals surface area contributed by atoms with Gasteiger partial charge in [0.25, 0.3) is 0 Å². The molecule has 0 bridgehead atoms. The van der Waals surface area contributed by atoms with Crippen LogP contribution in [0.25, 0.3) is 104 Å². The van der Waals surface area contributed by atoms with Gasteiger partial charge in [0.1, 0.15) is 5.58 Å². The number of aromatic nitrogens is 1. The molecule has 0 spiro atoms. The van der Waals surface area contributed by atoms with Crippen LogP contribution in [0, 0.1) is 0 Å². The van der Waals surface area contributed by atoms with E-state index in [4.69, 9.17) is 4.42 Å². The van der Waals surface area contributed by atoms with Crippen LogP contribution in [0.1, 0.15) is 0 Å². The van der Waals surface area contributed by atoms with E-state index in [0.717, 1.165) is 66.6 Å². The normalized spacial score (nSPS) is 11.8. The van der Waals surface area contributed by atoms with Crippen molar-refractivity contribution in [3.8, 4) is 27.9 Å². The minimum atomic E-state index is 0.858. The predicted octanol–water partition coefficient (Wildman–Crippen LogP) is 16.9. The van der Waals surface area contributed by atoms with Crippen molar-refractivity contribution in [2.45, 2.75) is 0 Å². The average molecular weight is 803 g/mol.